The normalized spacial score (nSPS) is 15.9. The van der Waals surface area contributed by atoms with E-state index in [0.29, 0.717) is 0 Å². The van der Waals surface area contributed by atoms with Crippen LogP contribution in [-0.2, 0) is 6.42 Å². The minimum atomic E-state index is 0.0309. The Balaban J connectivity index is 2.49. The maximum absolute atomic E-state index is 11.5. The lowest BCUT2D eigenvalue weighted by atomic mass is 10.0. The number of hydrogen-bond donors (Lipinski definition) is 2. The van der Waals surface area contributed by atoms with Gasteiger partial charge in [0.05, 0.1) is 0 Å². The van der Waals surface area contributed by atoms with Gasteiger partial charge in [-0.2, -0.15) is 0 Å². The number of amides is 1. The molecule has 0 spiro atoms. The lowest BCUT2D eigenvalue weighted by Gasteiger charge is -2.04. The molecule has 0 fully saturated rings. The lowest BCUT2D eigenvalue weighted by molar-refractivity contribution is 0.0956. The summed E-state index contributed by atoms with van der Waals surface area (Å²) >= 11 is 4.21. The molecule has 1 heterocycles. The maximum Gasteiger partial charge on any atom is 0.251 e. The van der Waals surface area contributed by atoms with Gasteiger partial charge in [0.15, 0.2) is 0 Å². The van der Waals surface area contributed by atoms with Crippen LogP contribution in [0.15, 0.2) is 23.1 Å². The number of aryl methyl sites for hydroxylation is 1. The van der Waals surface area contributed by atoms with Gasteiger partial charge in [-0.1, -0.05) is 6.07 Å². The number of nitrogens with one attached hydrogen (secondary N) is 1. The van der Waals surface area contributed by atoms with Crippen molar-refractivity contribution >= 4 is 18.5 Å². The summed E-state index contributed by atoms with van der Waals surface area (Å²) in [6.07, 6.45) is 1.99. The maximum atomic E-state index is 11.5. The molecule has 1 N–H and O–H groups in total. The molecule has 1 aromatic carbocycles. The Morgan fingerprint density at radius 2 is 2.23 bits per heavy atom. The van der Waals surface area contributed by atoms with Crippen LogP contribution in [0.5, 0.6) is 0 Å². The van der Waals surface area contributed by atoms with E-state index in [1.54, 1.807) is 0 Å². The van der Waals surface area contributed by atoms with Gasteiger partial charge in [0.25, 0.3) is 5.91 Å². The van der Waals surface area contributed by atoms with Gasteiger partial charge in [-0.15, -0.1) is 12.6 Å². The van der Waals surface area contributed by atoms with E-state index in [4.69, 9.17) is 0 Å². The highest BCUT2D eigenvalue weighted by Gasteiger charge is 2.14. The summed E-state index contributed by atoms with van der Waals surface area (Å²) < 4.78 is 0. The summed E-state index contributed by atoms with van der Waals surface area (Å²) in [4.78, 5) is 12.4. The van der Waals surface area contributed by atoms with Gasteiger partial charge in [-0.3, -0.25) is 4.79 Å². The highest BCUT2D eigenvalue weighted by atomic mass is 32.1. The fourth-order valence-corrected chi connectivity index (χ4v) is 1.77. The third-order valence-electron chi connectivity index (χ3n) is 2.25. The van der Waals surface area contributed by atoms with E-state index in [9.17, 15) is 4.79 Å². The summed E-state index contributed by atoms with van der Waals surface area (Å²) in [6.45, 7) is 0.773. The van der Waals surface area contributed by atoms with Crippen LogP contribution in [0.3, 0.4) is 0 Å². The van der Waals surface area contributed by atoms with Crippen molar-refractivity contribution in [1.29, 1.82) is 0 Å². The van der Waals surface area contributed by atoms with Crippen LogP contribution in [0.4, 0.5) is 0 Å². The van der Waals surface area contributed by atoms with E-state index in [1.807, 2.05) is 18.2 Å². The number of benzene rings is 1. The standard InChI is InChI=1S/C10H11NOS/c12-10-9-6-8(13)4-3-7(9)2-1-5-11-10/h3-4,6,13H,1-2,5H2,(H,11,12). The molecule has 3 heteroatoms. The van der Waals surface area contributed by atoms with Crippen molar-refractivity contribution in [3.8, 4) is 0 Å². The molecular weight excluding hydrogens is 182 g/mol. The van der Waals surface area contributed by atoms with Crippen molar-refractivity contribution in [2.75, 3.05) is 6.54 Å². The zero-order valence-electron chi connectivity index (χ0n) is 7.21. The second kappa shape index (κ2) is 3.42. The number of fused-ring (bicyclic) bond motifs is 1. The molecule has 1 aliphatic heterocycles. The Morgan fingerprint density at radius 1 is 1.38 bits per heavy atom. The zero-order chi connectivity index (χ0) is 9.26. The predicted octanol–water partition coefficient (Wildman–Crippen LogP) is 1.65. The van der Waals surface area contributed by atoms with Crippen LogP contribution in [-0.4, -0.2) is 12.5 Å². The van der Waals surface area contributed by atoms with Gasteiger partial charge < -0.3 is 5.32 Å². The summed E-state index contributed by atoms with van der Waals surface area (Å²) in [6, 6.07) is 5.75. The van der Waals surface area contributed by atoms with Crippen LogP contribution in [0, 0.1) is 0 Å². The Kier molecular flexibility index (Phi) is 2.27. The van der Waals surface area contributed by atoms with Crippen LogP contribution < -0.4 is 5.32 Å². The van der Waals surface area contributed by atoms with E-state index in [2.05, 4.69) is 17.9 Å². The molecule has 1 aromatic rings. The SMILES string of the molecule is O=C1NCCCc2ccc(S)cc21. The third-order valence-corrected chi connectivity index (χ3v) is 2.52. The Labute approximate surface area is 82.8 Å². The van der Waals surface area contributed by atoms with E-state index < -0.39 is 0 Å². The predicted molar refractivity (Wildman–Crippen MR) is 54.3 cm³/mol. The van der Waals surface area contributed by atoms with Crippen molar-refractivity contribution in [1.82, 2.24) is 5.32 Å². The zero-order valence-corrected chi connectivity index (χ0v) is 8.10. The molecule has 0 aromatic heterocycles. The average Bonchev–Trinajstić information content (AvgIpc) is 2.29. The number of rotatable bonds is 0. The van der Waals surface area contributed by atoms with Gasteiger partial charge in [0.1, 0.15) is 0 Å². The molecule has 0 radical (unpaired) electrons. The quantitative estimate of drug-likeness (QED) is 0.603. The number of thiol groups is 1. The van der Waals surface area contributed by atoms with E-state index in [1.165, 1.54) is 0 Å². The molecule has 2 rings (SSSR count). The molecule has 1 aliphatic rings. The van der Waals surface area contributed by atoms with E-state index >= 15 is 0 Å². The van der Waals surface area contributed by atoms with Crippen molar-refractivity contribution in [3.05, 3.63) is 29.3 Å². The van der Waals surface area contributed by atoms with Crippen molar-refractivity contribution in [3.63, 3.8) is 0 Å². The highest BCUT2D eigenvalue weighted by Crippen LogP contribution is 2.18. The third kappa shape index (κ3) is 1.70. The van der Waals surface area contributed by atoms with Crippen molar-refractivity contribution < 1.29 is 4.79 Å². The Hall–Kier alpha value is -0.960. The smallest absolute Gasteiger partial charge is 0.251 e. The fraction of sp³-hybridized carbons (Fsp3) is 0.300. The molecule has 1 amide bonds. The van der Waals surface area contributed by atoms with Gasteiger partial charge in [0, 0.05) is 17.0 Å². The topological polar surface area (TPSA) is 29.1 Å². The van der Waals surface area contributed by atoms with Gasteiger partial charge in [0.2, 0.25) is 0 Å². The largest absolute Gasteiger partial charge is 0.352 e. The summed E-state index contributed by atoms with van der Waals surface area (Å²) in [5.41, 5.74) is 1.91. The molecule has 0 atom stereocenters. The first-order valence-corrected chi connectivity index (χ1v) is 4.82. The second-order valence-electron chi connectivity index (χ2n) is 3.20. The first-order valence-electron chi connectivity index (χ1n) is 4.37. The second-order valence-corrected chi connectivity index (χ2v) is 3.72. The van der Waals surface area contributed by atoms with E-state index in [0.717, 1.165) is 35.4 Å². The van der Waals surface area contributed by atoms with Crippen molar-refractivity contribution in [2.24, 2.45) is 0 Å². The summed E-state index contributed by atoms with van der Waals surface area (Å²) in [5.74, 6) is 0.0309. The molecule has 0 saturated carbocycles. The van der Waals surface area contributed by atoms with Crippen LogP contribution in [0.1, 0.15) is 22.3 Å². The van der Waals surface area contributed by atoms with Gasteiger partial charge in [-0.25, -0.2) is 0 Å². The first-order chi connectivity index (χ1) is 6.27. The minimum Gasteiger partial charge on any atom is -0.352 e. The van der Waals surface area contributed by atoms with Crippen molar-refractivity contribution in [2.45, 2.75) is 17.7 Å². The van der Waals surface area contributed by atoms with Crippen LogP contribution in [0.2, 0.25) is 0 Å². The number of hydrogen-bond acceptors (Lipinski definition) is 2. The molecule has 0 bridgehead atoms. The number of carbonyl (C=O) groups excluding carboxylic acids is 1. The molecule has 0 saturated heterocycles. The molecule has 2 nitrogen and oxygen atoms in total. The summed E-state index contributed by atoms with van der Waals surface area (Å²) in [5, 5.41) is 2.86. The fourth-order valence-electron chi connectivity index (χ4n) is 1.57. The Morgan fingerprint density at radius 3 is 3.08 bits per heavy atom. The molecular formula is C10H11NOS. The average molecular weight is 193 g/mol. The molecule has 68 valence electrons. The Bertz CT molecular complexity index is 349. The van der Waals surface area contributed by atoms with Crippen LogP contribution >= 0.6 is 12.6 Å². The molecule has 0 aliphatic carbocycles. The molecule has 13 heavy (non-hydrogen) atoms. The minimum absolute atomic E-state index is 0.0309. The first kappa shape index (κ1) is 8.63. The van der Waals surface area contributed by atoms with Gasteiger partial charge in [-0.05, 0) is 30.5 Å². The lowest BCUT2D eigenvalue weighted by Crippen LogP contribution is -2.22. The van der Waals surface area contributed by atoms with E-state index in [-0.39, 0.29) is 5.91 Å². The van der Waals surface area contributed by atoms with Crippen LogP contribution in [0.25, 0.3) is 0 Å². The highest BCUT2D eigenvalue weighted by molar-refractivity contribution is 7.80. The number of carbonyl (C=O) groups is 1. The monoisotopic (exact) mass is 193 g/mol. The van der Waals surface area contributed by atoms with Gasteiger partial charge >= 0.3 is 0 Å². The summed E-state index contributed by atoms with van der Waals surface area (Å²) in [7, 11) is 0. The molecule has 0 unspecified atom stereocenters.